The molecule has 0 spiro atoms. The molecule has 1 unspecified atom stereocenters. The van der Waals surface area contributed by atoms with Crippen molar-refractivity contribution in [2.45, 2.75) is 5.92 Å². The molecule has 0 radical (unpaired) electrons. The second-order valence-corrected chi connectivity index (χ2v) is 3.64. The molecule has 2 aromatic rings. The van der Waals surface area contributed by atoms with E-state index in [0.29, 0.717) is 6.54 Å². The third-order valence-electron chi connectivity index (χ3n) is 2.59. The molecule has 1 aromatic carbocycles. The zero-order valence-electron chi connectivity index (χ0n) is 8.93. The Labute approximate surface area is 92.9 Å². The second kappa shape index (κ2) is 4.37. The average Bonchev–Trinajstić information content (AvgIpc) is 2.69. The molecule has 16 heavy (non-hydrogen) atoms. The molecule has 0 saturated carbocycles. The van der Waals surface area contributed by atoms with Crippen molar-refractivity contribution in [3.63, 3.8) is 0 Å². The molecule has 4 nitrogen and oxygen atoms in total. The summed E-state index contributed by atoms with van der Waals surface area (Å²) in [6, 6.07) is 7.44. The van der Waals surface area contributed by atoms with Gasteiger partial charge in [0, 0.05) is 17.5 Å². The van der Waals surface area contributed by atoms with Crippen molar-refractivity contribution in [1.82, 2.24) is 5.32 Å². The van der Waals surface area contributed by atoms with Crippen molar-refractivity contribution >= 4 is 16.9 Å². The van der Waals surface area contributed by atoms with Crippen LogP contribution in [0.3, 0.4) is 0 Å². The van der Waals surface area contributed by atoms with Gasteiger partial charge in [0.15, 0.2) is 0 Å². The van der Waals surface area contributed by atoms with Crippen molar-refractivity contribution in [1.29, 1.82) is 0 Å². The normalized spacial score (nSPS) is 12.8. The Morgan fingerprint density at radius 2 is 2.25 bits per heavy atom. The van der Waals surface area contributed by atoms with Crippen molar-refractivity contribution in [3.8, 4) is 0 Å². The van der Waals surface area contributed by atoms with Crippen molar-refractivity contribution in [2.75, 3.05) is 13.6 Å². The van der Waals surface area contributed by atoms with Gasteiger partial charge in [-0.25, -0.2) is 0 Å². The molecule has 0 saturated heterocycles. The molecule has 0 bridgehead atoms. The molecule has 0 aliphatic heterocycles. The number of para-hydroxylation sites is 1. The van der Waals surface area contributed by atoms with E-state index in [2.05, 4.69) is 5.32 Å². The number of likely N-dealkylation sites (N-methyl/N-ethyl adjacent to an activating group) is 1. The number of benzene rings is 1. The number of rotatable bonds is 4. The van der Waals surface area contributed by atoms with Crippen LogP contribution in [0.25, 0.3) is 11.0 Å². The standard InChI is InChI=1S/C12H13NO3/c1-13-6-9(12(14)15)10-7-16-11-5-3-2-4-8(10)11/h2-5,7,9,13H,6H2,1H3,(H,14,15). The van der Waals surface area contributed by atoms with Crippen LogP contribution in [-0.4, -0.2) is 24.7 Å². The first-order chi connectivity index (χ1) is 7.74. The zero-order chi connectivity index (χ0) is 11.5. The summed E-state index contributed by atoms with van der Waals surface area (Å²) < 4.78 is 5.34. The predicted octanol–water partition coefficient (Wildman–Crippen LogP) is 1.82. The summed E-state index contributed by atoms with van der Waals surface area (Å²) in [4.78, 5) is 11.1. The number of aliphatic carboxylic acids is 1. The van der Waals surface area contributed by atoms with Crippen LogP contribution in [0.4, 0.5) is 0 Å². The largest absolute Gasteiger partial charge is 0.481 e. The topological polar surface area (TPSA) is 62.5 Å². The molecule has 0 aliphatic rings. The molecule has 0 amide bonds. The fourth-order valence-electron chi connectivity index (χ4n) is 1.80. The molecule has 2 N–H and O–H groups in total. The minimum Gasteiger partial charge on any atom is -0.481 e. The smallest absolute Gasteiger partial charge is 0.312 e. The van der Waals surface area contributed by atoms with Gasteiger partial charge < -0.3 is 14.8 Å². The van der Waals surface area contributed by atoms with Crippen molar-refractivity contribution in [3.05, 3.63) is 36.1 Å². The highest BCUT2D eigenvalue weighted by Gasteiger charge is 2.22. The van der Waals surface area contributed by atoms with Gasteiger partial charge in [0.1, 0.15) is 5.58 Å². The summed E-state index contributed by atoms with van der Waals surface area (Å²) >= 11 is 0. The lowest BCUT2D eigenvalue weighted by atomic mass is 9.99. The third kappa shape index (κ3) is 1.79. The van der Waals surface area contributed by atoms with E-state index in [-0.39, 0.29) is 0 Å². The Balaban J connectivity index is 2.48. The van der Waals surface area contributed by atoms with E-state index in [4.69, 9.17) is 9.52 Å². The number of carboxylic acids is 1. The monoisotopic (exact) mass is 219 g/mol. The maximum Gasteiger partial charge on any atom is 0.312 e. The molecule has 4 heteroatoms. The van der Waals surface area contributed by atoms with Crippen LogP contribution in [0.5, 0.6) is 0 Å². The lowest BCUT2D eigenvalue weighted by Gasteiger charge is -2.09. The number of furan rings is 1. The van der Waals surface area contributed by atoms with Crippen LogP contribution < -0.4 is 5.32 Å². The average molecular weight is 219 g/mol. The molecule has 1 aromatic heterocycles. The van der Waals surface area contributed by atoms with Crippen LogP contribution in [0.1, 0.15) is 11.5 Å². The van der Waals surface area contributed by atoms with Crippen molar-refractivity contribution < 1.29 is 14.3 Å². The van der Waals surface area contributed by atoms with Gasteiger partial charge in [-0.2, -0.15) is 0 Å². The molecular formula is C12H13NO3. The highest BCUT2D eigenvalue weighted by atomic mass is 16.4. The second-order valence-electron chi connectivity index (χ2n) is 3.64. The van der Waals surface area contributed by atoms with Crippen LogP contribution in [-0.2, 0) is 4.79 Å². The van der Waals surface area contributed by atoms with E-state index >= 15 is 0 Å². The van der Waals surface area contributed by atoms with E-state index in [9.17, 15) is 4.79 Å². The van der Waals surface area contributed by atoms with Gasteiger partial charge in [0.2, 0.25) is 0 Å². The fraction of sp³-hybridized carbons (Fsp3) is 0.250. The lowest BCUT2D eigenvalue weighted by molar-refractivity contribution is -0.138. The Bertz CT molecular complexity index is 504. The molecular weight excluding hydrogens is 206 g/mol. The molecule has 1 heterocycles. The quantitative estimate of drug-likeness (QED) is 0.823. The summed E-state index contributed by atoms with van der Waals surface area (Å²) in [6.07, 6.45) is 1.53. The van der Waals surface area contributed by atoms with Gasteiger partial charge >= 0.3 is 5.97 Å². The minimum absolute atomic E-state index is 0.388. The number of nitrogens with one attached hydrogen (secondary N) is 1. The minimum atomic E-state index is -0.846. The van der Waals surface area contributed by atoms with Gasteiger partial charge in [0.25, 0.3) is 0 Å². The number of fused-ring (bicyclic) bond motifs is 1. The molecule has 1 atom stereocenters. The lowest BCUT2D eigenvalue weighted by Crippen LogP contribution is -2.23. The molecule has 0 fully saturated rings. The van der Waals surface area contributed by atoms with Gasteiger partial charge in [-0.15, -0.1) is 0 Å². The summed E-state index contributed by atoms with van der Waals surface area (Å²) in [5.41, 5.74) is 1.44. The van der Waals surface area contributed by atoms with Crippen LogP contribution in [0.15, 0.2) is 34.9 Å². The summed E-state index contributed by atoms with van der Waals surface area (Å²) in [6.45, 7) is 0.388. The van der Waals surface area contributed by atoms with E-state index in [1.165, 1.54) is 6.26 Å². The Morgan fingerprint density at radius 1 is 1.50 bits per heavy atom. The van der Waals surface area contributed by atoms with Crippen molar-refractivity contribution in [2.24, 2.45) is 0 Å². The number of carboxylic acid groups (broad SMARTS) is 1. The molecule has 84 valence electrons. The van der Waals surface area contributed by atoms with Gasteiger partial charge in [-0.05, 0) is 13.1 Å². The van der Waals surface area contributed by atoms with E-state index < -0.39 is 11.9 Å². The Morgan fingerprint density at radius 3 is 2.94 bits per heavy atom. The number of hydrogen-bond donors (Lipinski definition) is 2. The van der Waals surface area contributed by atoms with Gasteiger partial charge in [0.05, 0.1) is 12.2 Å². The highest BCUT2D eigenvalue weighted by molar-refractivity contribution is 5.88. The van der Waals surface area contributed by atoms with Gasteiger partial charge in [-0.3, -0.25) is 4.79 Å². The SMILES string of the molecule is CNCC(C(=O)O)c1coc2ccccc12. The van der Waals surface area contributed by atoms with E-state index in [1.807, 2.05) is 24.3 Å². The zero-order valence-corrected chi connectivity index (χ0v) is 8.93. The molecule has 2 rings (SSSR count). The Kier molecular flexibility index (Phi) is 2.92. The highest BCUT2D eigenvalue weighted by Crippen LogP contribution is 2.27. The third-order valence-corrected chi connectivity index (χ3v) is 2.59. The first-order valence-electron chi connectivity index (χ1n) is 5.07. The first-order valence-corrected chi connectivity index (χ1v) is 5.07. The number of carbonyl (C=O) groups is 1. The van der Waals surface area contributed by atoms with E-state index in [0.717, 1.165) is 16.5 Å². The number of hydrogen-bond acceptors (Lipinski definition) is 3. The predicted molar refractivity (Wildman–Crippen MR) is 60.5 cm³/mol. The van der Waals surface area contributed by atoms with Crippen LogP contribution in [0.2, 0.25) is 0 Å². The van der Waals surface area contributed by atoms with Crippen LogP contribution >= 0.6 is 0 Å². The van der Waals surface area contributed by atoms with Crippen LogP contribution in [0, 0.1) is 0 Å². The summed E-state index contributed by atoms with van der Waals surface area (Å²) in [5.74, 6) is -1.42. The summed E-state index contributed by atoms with van der Waals surface area (Å²) in [5, 5.41) is 12.9. The maximum atomic E-state index is 11.1. The fourth-order valence-corrected chi connectivity index (χ4v) is 1.80. The molecule has 0 aliphatic carbocycles. The first kappa shape index (κ1) is 10.7. The summed E-state index contributed by atoms with van der Waals surface area (Å²) in [7, 11) is 1.73. The maximum absolute atomic E-state index is 11.1. The van der Waals surface area contributed by atoms with E-state index in [1.54, 1.807) is 7.05 Å². The Hall–Kier alpha value is -1.81. The van der Waals surface area contributed by atoms with Gasteiger partial charge in [-0.1, -0.05) is 18.2 Å².